The van der Waals surface area contributed by atoms with Crippen molar-refractivity contribution in [1.82, 2.24) is 25.3 Å². The number of H-pyrrole nitrogens is 1. The molecule has 1 aliphatic rings. The lowest BCUT2D eigenvalue weighted by atomic mass is 10.1. The zero-order chi connectivity index (χ0) is 11.8. The molecule has 5 nitrogen and oxygen atoms in total. The van der Waals surface area contributed by atoms with Crippen molar-refractivity contribution in [1.29, 1.82) is 0 Å². The number of rotatable bonds is 2. The van der Waals surface area contributed by atoms with Crippen molar-refractivity contribution < 1.29 is 0 Å². The molecule has 3 rings (SSSR count). The molecular formula is C12H17N5. The molecule has 0 spiro atoms. The lowest BCUT2D eigenvalue weighted by molar-refractivity contribution is 0.614. The molecule has 1 saturated heterocycles. The quantitative estimate of drug-likeness (QED) is 0.828. The predicted octanol–water partition coefficient (Wildman–Crippen LogP) is 1.90. The second-order valence-electron chi connectivity index (χ2n) is 4.89. The van der Waals surface area contributed by atoms with Crippen molar-refractivity contribution in [2.45, 2.75) is 38.6 Å². The number of aromatic amines is 1. The zero-order valence-corrected chi connectivity index (χ0v) is 10.2. The number of imidazole rings is 1. The largest absolute Gasteiger partial charge is 0.324 e. The Labute approximate surface area is 100 Å². The van der Waals surface area contributed by atoms with E-state index in [0.717, 1.165) is 35.8 Å². The molecule has 1 unspecified atom stereocenters. The Bertz CT molecular complexity index is 525. The first-order chi connectivity index (χ1) is 8.24. The van der Waals surface area contributed by atoms with Gasteiger partial charge in [-0.3, -0.25) is 0 Å². The third-order valence-electron chi connectivity index (χ3n) is 3.23. The summed E-state index contributed by atoms with van der Waals surface area (Å²) >= 11 is 0. The minimum absolute atomic E-state index is 0.341. The lowest BCUT2D eigenvalue weighted by Gasteiger charge is -2.04. The van der Waals surface area contributed by atoms with Crippen molar-refractivity contribution in [2.75, 3.05) is 6.54 Å². The Morgan fingerprint density at radius 1 is 1.35 bits per heavy atom. The lowest BCUT2D eigenvalue weighted by Crippen LogP contribution is -2.14. The van der Waals surface area contributed by atoms with Gasteiger partial charge in [0.2, 0.25) is 0 Å². The number of hydrogen-bond donors (Lipinski definition) is 2. The molecule has 1 fully saturated rings. The van der Waals surface area contributed by atoms with Gasteiger partial charge in [-0.25, -0.2) is 15.0 Å². The van der Waals surface area contributed by atoms with Crippen LogP contribution >= 0.6 is 0 Å². The second-order valence-corrected chi connectivity index (χ2v) is 4.89. The monoisotopic (exact) mass is 231 g/mol. The van der Waals surface area contributed by atoms with Crippen LogP contribution < -0.4 is 5.32 Å². The first-order valence-electron chi connectivity index (χ1n) is 6.20. The molecule has 2 aromatic heterocycles. The molecule has 0 bridgehead atoms. The first-order valence-corrected chi connectivity index (χ1v) is 6.20. The fourth-order valence-corrected chi connectivity index (χ4v) is 2.19. The molecule has 17 heavy (non-hydrogen) atoms. The maximum Gasteiger partial charge on any atom is 0.197 e. The van der Waals surface area contributed by atoms with E-state index in [4.69, 9.17) is 0 Å². The van der Waals surface area contributed by atoms with E-state index in [1.807, 2.05) is 6.20 Å². The van der Waals surface area contributed by atoms with Gasteiger partial charge in [0.05, 0.1) is 17.9 Å². The van der Waals surface area contributed by atoms with Crippen LogP contribution in [-0.4, -0.2) is 26.5 Å². The van der Waals surface area contributed by atoms with Crippen molar-refractivity contribution in [3.05, 3.63) is 17.7 Å². The number of aromatic nitrogens is 4. The molecule has 0 radical (unpaired) electrons. The van der Waals surface area contributed by atoms with Gasteiger partial charge < -0.3 is 10.3 Å². The molecular weight excluding hydrogens is 214 g/mol. The summed E-state index contributed by atoms with van der Waals surface area (Å²) in [5.74, 6) is 1.36. The normalized spacial score (nSPS) is 20.5. The highest BCUT2D eigenvalue weighted by atomic mass is 15.1. The summed E-state index contributed by atoms with van der Waals surface area (Å²) in [4.78, 5) is 16.7. The van der Waals surface area contributed by atoms with Gasteiger partial charge in [-0.2, -0.15) is 0 Å². The number of nitrogens with one attached hydrogen (secondary N) is 2. The number of fused-ring (bicyclic) bond motifs is 1. The van der Waals surface area contributed by atoms with Gasteiger partial charge in [-0.1, -0.05) is 13.8 Å². The van der Waals surface area contributed by atoms with Crippen molar-refractivity contribution in [2.24, 2.45) is 0 Å². The van der Waals surface area contributed by atoms with E-state index in [2.05, 4.69) is 39.1 Å². The Morgan fingerprint density at radius 3 is 2.94 bits per heavy atom. The maximum absolute atomic E-state index is 4.56. The molecule has 1 atom stereocenters. The van der Waals surface area contributed by atoms with Gasteiger partial charge in [0, 0.05) is 0 Å². The van der Waals surface area contributed by atoms with Gasteiger partial charge in [-0.15, -0.1) is 0 Å². The second kappa shape index (κ2) is 4.07. The highest BCUT2D eigenvalue weighted by molar-refractivity contribution is 5.65. The Kier molecular flexibility index (Phi) is 2.55. The maximum atomic E-state index is 4.56. The molecule has 0 aliphatic carbocycles. The predicted molar refractivity (Wildman–Crippen MR) is 65.8 cm³/mol. The molecule has 2 N–H and O–H groups in total. The highest BCUT2D eigenvalue weighted by Gasteiger charge is 2.20. The number of nitrogens with zero attached hydrogens (tertiary/aromatic N) is 3. The Morgan fingerprint density at radius 2 is 2.24 bits per heavy atom. The smallest absolute Gasteiger partial charge is 0.197 e. The van der Waals surface area contributed by atoms with E-state index in [9.17, 15) is 0 Å². The summed E-state index contributed by atoms with van der Waals surface area (Å²) in [5, 5.41) is 3.42. The molecule has 0 aromatic carbocycles. The topological polar surface area (TPSA) is 66.5 Å². The van der Waals surface area contributed by atoms with Crippen LogP contribution in [-0.2, 0) is 0 Å². The van der Waals surface area contributed by atoms with Crippen LogP contribution in [0.2, 0.25) is 0 Å². The fourth-order valence-electron chi connectivity index (χ4n) is 2.19. The number of hydrogen-bond acceptors (Lipinski definition) is 4. The minimum atomic E-state index is 0.341. The average Bonchev–Trinajstić information content (AvgIpc) is 2.96. The Balaban J connectivity index is 2.00. The molecule has 2 aromatic rings. The van der Waals surface area contributed by atoms with Crippen LogP contribution in [0.4, 0.5) is 0 Å². The third kappa shape index (κ3) is 1.91. The van der Waals surface area contributed by atoms with E-state index < -0.39 is 0 Å². The average molecular weight is 231 g/mol. The van der Waals surface area contributed by atoms with E-state index in [1.54, 1.807) is 0 Å². The van der Waals surface area contributed by atoms with Crippen molar-refractivity contribution in [3.8, 4) is 0 Å². The van der Waals surface area contributed by atoms with Crippen LogP contribution in [0.3, 0.4) is 0 Å². The van der Waals surface area contributed by atoms with E-state index in [1.165, 1.54) is 6.42 Å². The summed E-state index contributed by atoms with van der Waals surface area (Å²) in [5.41, 5.74) is 2.53. The fraction of sp³-hybridized carbons (Fsp3) is 0.583. The van der Waals surface area contributed by atoms with Crippen LogP contribution in [0.25, 0.3) is 11.3 Å². The van der Waals surface area contributed by atoms with Crippen LogP contribution in [0, 0.1) is 0 Å². The van der Waals surface area contributed by atoms with Gasteiger partial charge in [0.1, 0.15) is 5.82 Å². The third-order valence-corrected chi connectivity index (χ3v) is 3.23. The standard InChI is InChI=1S/C12H17N5/c1-7(2)9-6-14-11-12(15-9)17-10(16-11)8-4-3-5-13-8/h6-8,13H,3-5H2,1-2H3,(H,14,15,16,17). The summed E-state index contributed by atoms with van der Waals surface area (Å²) in [6.07, 6.45) is 4.16. The van der Waals surface area contributed by atoms with Crippen LogP contribution in [0.15, 0.2) is 6.20 Å². The SMILES string of the molecule is CC(C)c1cnc2nc(C3CCCN3)[nH]c2n1. The summed E-state index contributed by atoms with van der Waals surface area (Å²) < 4.78 is 0. The zero-order valence-electron chi connectivity index (χ0n) is 10.2. The van der Waals surface area contributed by atoms with Gasteiger partial charge in [0.25, 0.3) is 0 Å². The summed E-state index contributed by atoms with van der Waals surface area (Å²) in [6.45, 7) is 5.30. The van der Waals surface area contributed by atoms with Crippen LogP contribution in [0.1, 0.15) is 50.2 Å². The van der Waals surface area contributed by atoms with E-state index >= 15 is 0 Å². The van der Waals surface area contributed by atoms with E-state index in [0.29, 0.717) is 12.0 Å². The molecule has 0 saturated carbocycles. The molecule has 5 heteroatoms. The van der Waals surface area contributed by atoms with Gasteiger partial charge in [0.15, 0.2) is 11.3 Å². The van der Waals surface area contributed by atoms with Crippen LogP contribution in [0.5, 0.6) is 0 Å². The molecule has 3 heterocycles. The molecule has 0 amide bonds. The summed E-state index contributed by atoms with van der Waals surface area (Å²) in [7, 11) is 0. The van der Waals surface area contributed by atoms with Gasteiger partial charge in [-0.05, 0) is 25.3 Å². The highest BCUT2D eigenvalue weighted by Crippen LogP contribution is 2.22. The van der Waals surface area contributed by atoms with Gasteiger partial charge >= 0.3 is 0 Å². The van der Waals surface area contributed by atoms with Crippen molar-refractivity contribution in [3.63, 3.8) is 0 Å². The summed E-state index contributed by atoms with van der Waals surface area (Å²) in [6, 6.07) is 0.341. The Hall–Kier alpha value is -1.49. The minimum Gasteiger partial charge on any atom is -0.324 e. The van der Waals surface area contributed by atoms with E-state index in [-0.39, 0.29) is 0 Å². The first kappa shape index (κ1) is 10.7. The molecule has 1 aliphatic heterocycles. The van der Waals surface area contributed by atoms with Crippen molar-refractivity contribution >= 4 is 11.3 Å². The molecule has 90 valence electrons.